The van der Waals surface area contributed by atoms with Crippen LogP contribution in [0.2, 0.25) is 0 Å². The van der Waals surface area contributed by atoms with Crippen molar-refractivity contribution < 1.29 is 4.74 Å². The highest BCUT2D eigenvalue weighted by atomic mass is 16.5. The summed E-state index contributed by atoms with van der Waals surface area (Å²) < 4.78 is 5.59. The van der Waals surface area contributed by atoms with Crippen molar-refractivity contribution in [3.8, 4) is 0 Å². The van der Waals surface area contributed by atoms with Gasteiger partial charge in [-0.25, -0.2) is 0 Å². The number of nitrogens with two attached hydrogens (primary N) is 1. The molecule has 1 unspecified atom stereocenters. The molecule has 1 saturated heterocycles. The number of ether oxygens (including phenoxy) is 1. The van der Waals surface area contributed by atoms with Crippen molar-refractivity contribution in [3.05, 3.63) is 0 Å². The summed E-state index contributed by atoms with van der Waals surface area (Å²) in [6.45, 7) is 0.710. The van der Waals surface area contributed by atoms with Gasteiger partial charge in [0.25, 0.3) is 0 Å². The third kappa shape index (κ3) is 0.700. The van der Waals surface area contributed by atoms with E-state index in [0.29, 0.717) is 18.2 Å². The van der Waals surface area contributed by atoms with Gasteiger partial charge < -0.3 is 10.5 Å². The van der Waals surface area contributed by atoms with E-state index in [-0.39, 0.29) is 0 Å². The predicted molar refractivity (Wildman–Crippen MR) is 35.1 cm³/mol. The minimum atomic E-state index is 0.337. The topological polar surface area (TPSA) is 35.2 Å². The van der Waals surface area contributed by atoms with Crippen LogP contribution in [0.3, 0.4) is 0 Å². The second kappa shape index (κ2) is 1.70. The van der Waals surface area contributed by atoms with Gasteiger partial charge in [-0.3, -0.25) is 0 Å². The highest BCUT2D eigenvalue weighted by Crippen LogP contribution is 2.47. The Kier molecular flexibility index (Phi) is 1.08. The van der Waals surface area contributed by atoms with Gasteiger partial charge >= 0.3 is 0 Å². The molecule has 1 spiro atoms. The molecule has 9 heavy (non-hydrogen) atoms. The second-order valence-electron chi connectivity index (χ2n) is 3.22. The normalized spacial score (nSPS) is 37.7. The van der Waals surface area contributed by atoms with Gasteiger partial charge in [-0.2, -0.15) is 0 Å². The molecule has 1 heterocycles. The van der Waals surface area contributed by atoms with Gasteiger partial charge in [0.05, 0.1) is 11.7 Å². The molecule has 1 saturated carbocycles. The smallest absolute Gasteiger partial charge is 0.0732 e. The lowest BCUT2D eigenvalue weighted by atomic mass is 9.72. The van der Waals surface area contributed by atoms with E-state index < -0.39 is 0 Å². The SMILES string of the molecule is NCC1CC2(CCC2)O1. The fourth-order valence-electron chi connectivity index (χ4n) is 1.78. The number of rotatable bonds is 1. The van der Waals surface area contributed by atoms with Gasteiger partial charge in [-0.15, -0.1) is 0 Å². The van der Waals surface area contributed by atoms with Crippen molar-refractivity contribution in [2.75, 3.05) is 6.54 Å². The van der Waals surface area contributed by atoms with Crippen molar-refractivity contribution in [2.24, 2.45) is 5.73 Å². The van der Waals surface area contributed by atoms with Crippen LogP contribution in [0.1, 0.15) is 25.7 Å². The zero-order chi connectivity index (χ0) is 6.32. The van der Waals surface area contributed by atoms with E-state index in [1.54, 1.807) is 0 Å². The lowest BCUT2D eigenvalue weighted by molar-refractivity contribution is -0.238. The predicted octanol–water partition coefficient (Wildman–Crippen LogP) is 0.657. The number of hydrogen-bond donors (Lipinski definition) is 1. The molecule has 2 nitrogen and oxygen atoms in total. The van der Waals surface area contributed by atoms with Gasteiger partial charge in [-0.1, -0.05) is 0 Å². The first-order chi connectivity index (χ1) is 4.35. The maximum absolute atomic E-state index is 5.59. The largest absolute Gasteiger partial charge is 0.370 e. The van der Waals surface area contributed by atoms with Crippen LogP contribution in [-0.4, -0.2) is 18.2 Å². The molecule has 2 fully saturated rings. The minimum Gasteiger partial charge on any atom is -0.370 e. The summed E-state index contributed by atoms with van der Waals surface area (Å²) in [7, 11) is 0. The third-order valence-corrected chi connectivity index (χ3v) is 2.54. The summed E-state index contributed by atoms with van der Waals surface area (Å²) in [6.07, 6.45) is 5.54. The molecule has 0 radical (unpaired) electrons. The van der Waals surface area contributed by atoms with Crippen molar-refractivity contribution in [1.29, 1.82) is 0 Å². The zero-order valence-corrected chi connectivity index (χ0v) is 5.60. The molecular formula is C7H13NO. The average Bonchev–Trinajstić information content (AvgIpc) is 1.59. The van der Waals surface area contributed by atoms with Crippen molar-refractivity contribution >= 4 is 0 Å². The van der Waals surface area contributed by atoms with Crippen LogP contribution in [0.25, 0.3) is 0 Å². The van der Waals surface area contributed by atoms with Gasteiger partial charge in [0.2, 0.25) is 0 Å². The molecule has 0 aromatic rings. The molecule has 0 aromatic carbocycles. The highest BCUT2D eigenvalue weighted by Gasteiger charge is 2.48. The molecule has 2 rings (SSSR count). The summed E-state index contributed by atoms with van der Waals surface area (Å²) in [5.41, 5.74) is 5.75. The van der Waals surface area contributed by atoms with E-state index in [2.05, 4.69) is 0 Å². The average molecular weight is 127 g/mol. The summed E-state index contributed by atoms with van der Waals surface area (Å²) in [5, 5.41) is 0. The quantitative estimate of drug-likeness (QED) is 0.561. The molecule has 0 bridgehead atoms. The Morgan fingerprint density at radius 2 is 2.22 bits per heavy atom. The minimum absolute atomic E-state index is 0.337. The van der Waals surface area contributed by atoms with E-state index in [4.69, 9.17) is 10.5 Å². The van der Waals surface area contributed by atoms with Crippen molar-refractivity contribution in [2.45, 2.75) is 37.4 Å². The Morgan fingerprint density at radius 1 is 1.56 bits per heavy atom. The fraction of sp³-hybridized carbons (Fsp3) is 1.00. The van der Waals surface area contributed by atoms with Crippen LogP contribution < -0.4 is 5.73 Å². The van der Waals surface area contributed by atoms with Gasteiger partial charge in [0, 0.05) is 13.0 Å². The van der Waals surface area contributed by atoms with E-state index in [1.807, 2.05) is 0 Å². The van der Waals surface area contributed by atoms with E-state index in [1.165, 1.54) is 25.7 Å². The molecule has 1 atom stereocenters. The fourth-order valence-corrected chi connectivity index (χ4v) is 1.78. The molecule has 2 aliphatic rings. The first kappa shape index (κ1) is 5.69. The molecule has 2 heteroatoms. The second-order valence-corrected chi connectivity index (χ2v) is 3.22. The van der Waals surface area contributed by atoms with Crippen LogP contribution in [0, 0.1) is 0 Å². The molecule has 2 N–H and O–H groups in total. The monoisotopic (exact) mass is 127 g/mol. The Labute approximate surface area is 55.4 Å². The number of hydrogen-bond acceptors (Lipinski definition) is 2. The maximum atomic E-state index is 5.59. The lowest BCUT2D eigenvalue weighted by Gasteiger charge is -2.53. The maximum Gasteiger partial charge on any atom is 0.0732 e. The van der Waals surface area contributed by atoms with Gasteiger partial charge in [0.15, 0.2) is 0 Å². The molecule has 1 aliphatic carbocycles. The summed E-state index contributed by atoms with van der Waals surface area (Å²) in [4.78, 5) is 0. The Balaban J connectivity index is 1.82. The van der Waals surface area contributed by atoms with Crippen molar-refractivity contribution in [1.82, 2.24) is 0 Å². The van der Waals surface area contributed by atoms with Crippen molar-refractivity contribution in [3.63, 3.8) is 0 Å². The third-order valence-electron chi connectivity index (χ3n) is 2.54. The van der Waals surface area contributed by atoms with Crippen LogP contribution in [0.4, 0.5) is 0 Å². The zero-order valence-electron chi connectivity index (χ0n) is 5.60. The summed E-state index contributed by atoms with van der Waals surface area (Å²) in [5.74, 6) is 0. The molecular weight excluding hydrogens is 114 g/mol. The first-order valence-electron chi connectivity index (χ1n) is 3.73. The molecule has 0 amide bonds. The van der Waals surface area contributed by atoms with Crippen LogP contribution in [0.5, 0.6) is 0 Å². The van der Waals surface area contributed by atoms with Crippen LogP contribution in [0.15, 0.2) is 0 Å². The Morgan fingerprint density at radius 3 is 2.56 bits per heavy atom. The Bertz CT molecular complexity index is 112. The first-order valence-corrected chi connectivity index (χ1v) is 3.73. The molecule has 1 aliphatic heterocycles. The van der Waals surface area contributed by atoms with Gasteiger partial charge in [-0.05, 0) is 19.3 Å². The van der Waals surface area contributed by atoms with E-state index in [9.17, 15) is 0 Å². The summed E-state index contributed by atoms with van der Waals surface area (Å²) >= 11 is 0. The lowest BCUT2D eigenvalue weighted by Crippen LogP contribution is -2.57. The van der Waals surface area contributed by atoms with E-state index in [0.717, 1.165) is 0 Å². The van der Waals surface area contributed by atoms with Gasteiger partial charge in [0.1, 0.15) is 0 Å². The summed E-state index contributed by atoms with van der Waals surface area (Å²) in [6, 6.07) is 0. The van der Waals surface area contributed by atoms with E-state index >= 15 is 0 Å². The molecule has 0 aromatic heterocycles. The molecule has 52 valence electrons. The standard InChI is InChI=1S/C7H13NO/c8-5-6-4-7(9-6)2-1-3-7/h6H,1-5,8H2. The highest BCUT2D eigenvalue weighted by molar-refractivity contribution is 4.99. The van der Waals surface area contributed by atoms with Crippen LogP contribution >= 0.6 is 0 Å². The Hall–Kier alpha value is -0.0800. The van der Waals surface area contributed by atoms with Crippen LogP contribution in [-0.2, 0) is 4.74 Å².